The van der Waals surface area contributed by atoms with Gasteiger partial charge in [0.25, 0.3) is 5.56 Å². The summed E-state index contributed by atoms with van der Waals surface area (Å²) < 4.78 is 14.1. The number of aromatic nitrogens is 4. The Bertz CT molecular complexity index is 1710. The van der Waals surface area contributed by atoms with Crippen molar-refractivity contribution in [1.29, 1.82) is 0 Å². The normalized spacial score (nSPS) is 12.4. The van der Waals surface area contributed by atoms with Crippen molar-refractivity contribution in [2.24, 2.45) is 0 Å². The second-order valence-corrected chi connectivity index (χ2v) is 9.12. The zero-order chi connectivity index (χ0) is 25.4. The van der Waals surface area contributed by atoms with Crippen molar-refractivity contribution in [1.82, 2.24) is 24.5 Å². The van der Waals surface area contributed by atoms with Crippen LogP contribution in [0.25, 0.3) is 16.7 Å². The average Bonchev–Trinajstić information content (AvgIpc) is 3.56. The number of benzene rings is 3. The first-order valence-electron chi connectivity index (χ1n) is 11.8. The molecule has 186 valence electrons. The molecule has 37 heavy (non-hydrogen) atoms. The molecule has 0 saturated heterocycles. The first-order chi connectivity index (χ1) is 18.1. The van der Waals surface area contributed by atoms with Crippen LogP contribution in [0.1, 0.15) is 23.4 Å². The lowest BCUT2D eigenvalue weighted by atomic mass is 10.2. The molecule has 9 nitrogen and oxygen atoms in total. The standard InChI is InChI=1S/C27H22ClN5O4/c28-20-7-3-1-5-18(20)15-32-26(35)19-6-2-4-8-21(19)33-24(30-31-27(32)33)11-12-25(34)29-14-17-9-10-22-23(13-17)37-16-36-22/h1-10,13H,11-12,14-16H2,(H,29,34). The molecule has 0 radical (unpaired) electrons. The third-order valence-corrected chi connectivity index (χ3v) is 6.73. The van der Waals surface area contributed by atoms with Gasteiger partial charge in [-0.25, -0.2) is 0 Å². The van der Waals surface area contributed by atoms with Crippen LogP contribution in [0, 0.1) is 0 Å². The van der Waals surface area contributed by atoms with E-state index in [9.17, 15) is 9.59 Å². The molecule has 0 unspecified atom stereocenters. The third-order valence-electron chi connectivity index (χ3n) is 6.36. The third kappa shape index (κ3) is 4.38. The number of halogens is 1. The van der Waals surface area contributed by atoms with E-state index >= 15 is 0 Å². The van der Waals surface area contributed by atoms with Gasteiger partial charge in [-0.05, 0) is 41.5 Å². The van der Waals surface area contributed by atoms with Crippen molar-refractivity contribution in [3.63, 3.8) is 0 Å². The van der Waals surface area contributed by atoms with Gasteiger partial charge in [-0.3, -0.25) is 18.6 Å². The van der Waals surface area contributed by atoms with Crippen LogP contribution in [-0.2, 0) is 24.3 Å². The summed E-state index contributed by atoms with van der Waals surface area (Å²) in [5, 5.41) is 12.7. The number of amides is 1. The van der Waals surface area contributed by atoms with Crippen molar-refractivity contribution < 1.29 is 14.3 Å². The molecule has 3 aromatic carbocycles. The molecule has 1 N–H and O–H groups in total. The van der Waals surface area contributed by atoms with E-state index in [2.05, 4.69) is 15.5 Å². The number of nitrogens with zero attached hydrogens (tertiary/aromatic N) is 4. The number of carbonyl (C=O) groups excluding carboxylic acids is 1. The molecule has 1 aliphatic heterocycles. The quantitative estimate of drug-likeness (QED) is 0.354. The first-order valence-corrected chi connectivity index (χ1v) is 12.2. The second-order valence-electron chi connectivity index (χ2n) is 8.72. The van der Waals surface area contributed by atoms with E-state index in [1.54, 1.807) is 16.7 Å². The molecular weight excluding hydrogens is 494 g/mol. The van der Waals surface area contributed by atoms with Gasteiger partial charge in [0.05, 0.1) is 17.4 Å². The molecule has 10 heteroatoms. The molecule has 0 atom stereocenters. The molecule has 0 fully saturated rings. The van der Waals surface area contributed by atoms with Gasteiger partial charge in [0.15, 0.2) is 11.5 Å². The summed E-state index contributed by atoms with van der Waals surface area (Å²) in [7, 11) is 0. The molecule has 2 aromatic heterocycles. The van der Waals surface area contributed by atoms with E-state index in [0.717, 1.165) is 11.1 Å². The smallest absolute Gasteiger partial charge is 0.263 e. The number of nitrogens with one attached hydrogen (secondary N) is 1. The maximum absolute atomic E-state index is 13.4. The highest BCUT2D eigenvalue weighted by molar-refractivity contribution is 6.31. The van der Waals surface area contributed by atoms with Crippen LogP contribution in [-0.4, -0.2) is 31.9 Å². The van der Waals surface area contributed by atoms with E-state index < -0.39 is 0 Å². The Morgan fingerprint density at radius 1 is 1.00 bits per heavy atom. The predicted molar refractivity (Wildman–Crippen MR) is 138 cm³/mol. The number of hydrogen-bond donors (Lipinski definition) is 1. The monoisotopic (exact) mass is 515 g/mol. The van der Waals surface area contributed by atoms with Gasteiger partial charge in [0, 0.05) is 24.4 Å². The topological polar surface area (TPSA) is 99.8 Å². The van der Waals surface area contributed by atoms with Crippen molar-refractivity contribution in [2.45, 2.75) is 25.9 Å². The Balaban J connectivity index is 1.26. The summed E-state index contributed by atoms with van der Waals surface area (Å²) in [5.41, 5.74) is 2.23. The molecule has 0 spiro atoms. The van der Waals surface area contributed by atoms with Crippen LogP contribution in [0.2, 0.25) is 5.02 Å². The van der Waals surface area contributed by atoms with Crippen LogP contribution in [0.15, 0.2) is 71.5 Å². The van der Waals surface area contributed by atoms with Gasteiger partial charge in [-0.15, -0.1) is 10.2 Å². The summed E-state index contributed by atoms with van der Waals surface area (Å²) in [6.07, 6.45) is 0.561. The van der Waals surface area contributed by atoms with Gasteiger partial charge in [0.1, 0.15) is 5.82 Å². The van der Waals surface area contributed by atoms with Crippen LogP contribution in [0.5, 0.6) is 11.5 Å². The van der Waals surface area contributed by atoms with Gasteiger partial charge in [-0.1, -0.05) is 48.0 Å². The summed E-state index contributed by atoms with van der Waals surface area (Å²) in [6.45, 7) is 0.829. The fourth-order valence-corrected chi connectivity index (χ4v) is 4.68. The molecule has 0 saturated carbocycles. The fourth-order valence-electron chi connectivity index (χ4n) is 4.48. The summed E-state index contributed by atoms with van der Waals surface area (Å²) >= 11 is 6.37. The minimum atomic E-state index is -0.177. The molecule has 6 rings (SSSR count). The number of hydrogen-bond acceptors (Lipinski definition) is 6. The number of carbonyl (C=O) groups is 1. The Kier molecular flexibility index (Phi) is 5.97. The molecule has 5 aromatic rings. The zero-order valence-corrected chi connectivity index (χ0v) is 20.4. The maximum atomic E-state index is 13.4. The Morgan fingerprint density at radius 3 is 2.70 bits per heavy atom. The highest BCUT2D eigenvalue weighted by Gasteiger charge is 2.18. The largest absolute Gasteiger partial charge is 0.454 e. The van der Waals surface area contributed by atoms with Crippen molar-refractivity contribution >= 4 is 34.2 Å². The number of aryl methyl sites for hydroxylation is 1. The maximum Gasteiger partial charge on any atom is 0.263 e. The molecule has 1 amide bonds. The molecule has 1 aliphatic rings. The minimum absolute atomic E-state index is 0.122. The first kappa shape index (κ1) is 23.1. The van der Waals surface area contributed by atoms with E-state index in [4.69, 9.17) is 21.1 Å². The van der Waals surface area contributed by atoms with Gasteiger partial charge in [0.2, 0.25) is 18.5 Å². The van der Waals surface area contributed by atoms with Crippen LogP contribution in [0.3, 0.4) is 0 Å². The fraction of sp³-hybridized carbons (Fsp3) is 0.185. The number of ether oxygens (including phenoxy) is 2. The lowest BCUT2D eigenvalue weighted by Crippen LogP contribution is -2.25. The highest BCUT2D eigenvalue weighted by Crippen LogP contribution is 2.32. The van der Waals surface area contributed by atoms with Crippen molar-refractivity contribution in [3.8, 4) is 11.5 Å². The highest BCUT2D eigenvalue weighted by atomic mass is 35.5. The predicted octanol–water partition coefficient (Wildman–Crippen LogP) is 3.72. The summed E-state index contributed by atoms with van der Waals surface area (Å²) in [4.78, 5) is 26.0. The van der Waals surface area contributed by atoms with Gasteiger partial charge < -0.3 is 14.8 Å². The molecule has 3 heterocycles. The second kappa shape index (κ2) is 9.59. The average molecular weight is 516 g/mol. The lowest BCUT2D eigenvalue weighted by Gasteiger charge is -2.12. The Hall–Kier alpha value is -4.37. The van der Waals surface area contributed by atoms with E-state index in [1.165, 1.54) is 0 Å². The number of rotatable bonds is 7. The van der Waals surface area contributed by atoms with Crippen molar-refractivity contribution in [3.05, 3.63) is 99.1 Å². The van der Waals surface area contributed by atoms with E-state index in [-0.39, 0.29) is 31.2 Å². The van der Waals surface area contributed by atoms with Gasteiger partial charge in [-0.2, -0.15) is 0 Å². The molecule has 0 aliphatic carbocycles. The number of para-hydroxylation sites is 1. The van der Waals surface area contributed by atoms with Crippen LogP contribution >= 0.6 is 11.6 Å². The van der Waals surface area contributed by atoms with E-state index in [0.29, 0.717) is 52.0 Å². The number of fused-ring (bicyclic) bond motifs is 4. The van der Waals surface area contributed by atoms with Crippen LogP contribution < -0.4 is 20.3 Å². The summed E-state index contributed by atoms with van der Waals surface area (Å²) in [6, 6.07) is 20.3. The lowest BCUT2D eigenvalue weighted by molar-refractivity contribution is -0.121. The Labute approximate surface area is 216 Å². The minimum Gasteiger partial charge on any atom is -0.454 e. The Morgan fingerprint density at radius 2 is 1.81 bits per heavy atom. The van der Waals surface area contributed by atoms with Crippen LogP contribution in [0.4, 0.5) is 0 Å². The SMILES string of the molecule is O=C(CCc1nnc2n(Cc3ccccc3Cl)c(=O)c3ccccc3n12)NCc1ccc2c(c1)OCO2. The summed E-state index contributed by atoms with van der Waals surface area (Å²) in [5.74, 6) is 2.25. The molecular formula is C27H22ClN5O4. The zero-order valence-electron chi connectivity index (χ0n) is 19.7. The molecule has 0 bridgehead atoms. The van der Waals surface area contributed by atoms with Gasteiger partial charge >= 0.3 is 0 Å². The van der Waals surface area contributed by atoms with E-state index in [1.807, 2.05) is 59.0 Å². The van der Waals surface area contributed by atoms with Crippen molar-refractivity contribution in [2.75, 3.05) is 6.79 Å².